The Labute approximate surface area is 61.6 Å². The standard InChI is InChI=1S/C8H16F2/c1-4-6-7(3)8(9,10)5-2/h7H,4-6H2,1-3H3. The molecule has 0 nitrogen and oxygen atoms in total. The molecule has 0 aliphatic heterocycles. The summed E-state index contributed by atoms with van der Waals surface area (Å²) in [6, 6.07) is 0. The highest BCUT2D eigenvalue weighted by Crippen LogP contribution is 2.30. The minimum Gasteiger partial charge on any atom is -0.207 e. The van der Waals surface area contributed by atoms with Crippen LogP contribution >= 0.6 is 0 Å². The predicted octanol–water partition coefficient (Wildman–Crippen LogP) is 3.47. The summed E-state index contributed by atoms with van der Waals surface area (Å²) in [4.78, 5) is 0. The van der Waals surface area contributed by atoms with Crippen LogP contribution in [0.5, 0.6) is 0 Å². The maximum absolute atomic E-state index is 12.7. The molecule has 0 aromatic carbocycles. The van der Waals surface area contributed by atoms with E-state index in [9.17, 15) is 8.78 Å². The molecule has 0 aromatic heterocycles. The fourth-order valence-corrected chi connectivity index (χ4v) is 0.993. The van der Waals surface area contributed by atoms with E-state index in [2.05, 4.69) is 0 Å². The third kappa shape index (κ3) is 2.63. The van der Waals surface area contributed by atoms with Crippen molar-refractivity contribution >= 4 is 0 Å². The summed E-state index contributed by atoms with van der Waals surface area (Å²) in [6.07, 6.45) is 1.44. The van der Waals surface area contributed by atoms with Crippen molar-refractivity contribution in [3.05, 3.63) is 0 Å². The van der Waals surface area contributed by atoms with E-state index in [4.69, 9.17) is 0 Å². The highest BCUT2D eigenvalue weighted by atomic mass is 19.3. The molecule has 0 fully saturated rings. The first kappa shape index (κ1) is 9.86. The zero-order valence-electron chi connectivity index (χ0n) is 6.95. The monoisotopic (exact) mass is 150 g/mol. The second-order valence-corrected chi connectivity index (χ2v) is 2.80. The first-order valence-corrected chi connectivity index (χ1v) is 3.92. The number of alkyl halides is 2. The lowest BCUT2D eigenvalue weighted by atomic mass is 9.97. The minimum absolute atomic E-state index is 0.0336. The molecule has 1 atom stereocenters. The molecule has 0 aliphatic rings. The quantitative estimate of drug-likeness (QED) is 0.575. The van der Waals surface area contributed by atoms with Gasteiger partial charge in [-0.3, -0.25) is 0 Å². The van der Waals surface area contributed by atoms with Crippen LogP contribution in [-0.2, 0) is 0 Å². The topological polar surface area (TPSA) is 0 Å². The average Bonchev–Trinajstić information content (AvgIpc) is 1.89. The van der Waals surface area contributed by atoms with Gasteiger partial charge in [-0.1, -0.05) is 27.2 Å². The summed E-state index contributed by atoms with van der Waals surface area (Å²) in [5.41, 5.74) is 0. The summed E-state index contributed by atoms with van der Waals surface area (Å²) in [5, 5.41) is 0. The summed E-state index contributed by atoms with van der Waals surface area (Å²) in [6.45, 7) is 5.08. The molecule has 0 aliphatic carbocycles. The number of hydrogen-bond acceptors (Lipinski definition) is 0. The predicted molar refractivity (Wildman–Crippen MR) is 39.3 cm³/mol. The third-order valence-corrected chi connectivity index (χ3v) is 1.91. The van der Waals surface area contributed by atoms with Gasteiger partial charge in [0.15, 0.2) is 0 Å². The fourth-order valence-electron chi connectivity index (χ4n) is 0.993. The van der Waals surface area contributed by atoms with Crippen molar-refractivity contribution in [1.82, 2.24) is 0 Å². The number of hydrogen-bond donors (Lipinski definition) is 0. The van der Waals surface area contributed by atoms with E-state index in [1.165, 1.54) is 6.92 Å². The second-order valence-electron chi connectivity index (χ2n) is 2.80. The van der Waals surface area contributed by atoms with Crippen molar-refractivity contribution < 1.29 is 8.78 Å². The van der Waals surface area contributed by atoms with Crippen molar-refractivity contribution in [1.29, 1.82) is 0 Å². The van der Waals surface area contributed by atoms with Crippen molar-refractivity contribution in [2.45, 2.75) is 46.0 Å². The van der Waals surface area contributed by atoms with Gasteiger partial charge in [-0.2, -0.15) is 0 Å². The molecule has 10 heavy (non-hydrogen) atoms. The largest absolute Gasteiger partial charge is 0.250 e. The summed E-state index contributed by atoms with van der Waals surface area (Å²) in [5.74, 6) is -2.90. The Hall–Kier alpha value is -0.140. The Bertz CT molecular complexity index is 89.3. The Kier molecular flexibility index (Phi) is 3.84. The van der Waals surface area contributed by atoms with Crippen LogP contribution in [0.3, 0.4) is 0 Å². The van der Waals surface area contributed by atoms with E-state index < -0.39 is 11.8 Å². The molecule has 0 bridgehead atoms. The molecule has 0 spiro atoms. The number of rotatable bonds is 4. The number of halogens is 2. The van der Waals surface area contributed by atoms with Crippen molar-refractivity contribution in [2.75, 3.05) is 0 Å². The Balaban J connectivity index is 3.78. The first-order chi connectivity index (χ1) is 4.54. The van der Waals surface area contributed by atoms with Gasteiger partial charge >= 0.3 is 0 Å². The van der Waals surface area contributed by atoms with Gasteiger partial charge in [0, 0.05) is 12.3 Å². The van der Waals surface area contributed by atoms with E-state index in [0.717, 1.165) is 6.42 Å². The van der Waals surface area contributed by atoms with Gasteiger partial charge in [-0.25, -0.2) is 8.78 Å². The van der Waals surface area contributed by atoms with Crippen LogP contribution < -0.4 is 0 Å². The van der Waals surface area contributed by atoms with Crippen LogP contribution in [-0.4, -0.2) is 5.92 Å². The zero-order valence-corrected chi connectivity index (χ0v) is 6.95. The SMILES string of the molecule is CCCC(C)C(F)(F)CC. The molecule has 62 valence electrons. The second kappa shape index (κ2) is 3.89. The van der Waals surface area contributed by atoms with Gasteiger partial charge in [0.1, 0.15) is 0 Å². The van der Waals surface area contributed by atoms with Gasteiger partial charge < -0.3 is 0 Å². The van der Waals surface area contributed by atoms with Gasteiger partial charge in [0.05, 0.1) is 0 Å². The molecule has 1 unspecified atom stereocenters. The Morgan fingerprint density at radius 3 is 2.10 bits per heavy atom. The molecule has 0 saturated heterocycles. The van der Waals surface area contributed by atoms with Gasteiger partial charge in [0.2, 0.25) is 5.92 Å². The fraction of sp³-hybridized carbons (Fsp3) is 1.00. The van der Waals surface area contributed by atoms with Crippen LogP contribution in [0, 0.1) is 5.92 Å². The zero-order chi connectivity index (χ0) is 8.20. The van der Waals surface area contributed by atoms with Crippen molar-refractivity contribution in [2.24, 2.45) is 5.92 Å². The third-order valence-electron chi connectivity index (χ3n) is 1.91. The van der Waals surface area contributed by atoms with E-state index in [-0.39, 0.29) is 6.42 Å². The van der Waals surface area contributed by atoms with E-state index in [0.29, 0.717) is 6.42 Å². The maximum atomic E-state index is 12.7. The summed E-state index contributed by atoms with van der Waals surface area (Å²) < 4.78 is 25.5. The molecule has 0 heterocycles. The molecular formula is C8H16F2. The lowest BCUT2D eigenvalue weighted by molar-refractivity contribution is -0.0574. The molecule has 0 amide bonds. The van der Waals surface area contributed by atoms with Crippen molar-refractivity contribution in [3.63, 3.8) is 0 Å². The molecule has 0 radical (unpaired) electrons. The van der Waals surface area contributed by atoms with Crippen LogP contribution in [0.25, 0.3) is 0 Å². The van der Waals surface area contributed by atoms with Crippen LogP contribution in [0.2, 0.25) is 0 Å². The maximum Gasteiger partial charge on any atom is 0.250 e. The highest BCUT2D eigenvalue weighted by molar-refractivity contribution is 4.70. The van der Waals surface area contributed by atoms with E-state index in [1.807, 2.05) is 6.92 Å². The molecule has 0 aromatic rings. The van der Waals surface area contributed by atoms with E-state index >= 15 is 0 Å². The Morgan fingerprint density at radius 2 is 1.80 bits per heavy atom. The molecular weight excluding hydrogens is 134 g/mol. The van der Waals surface area contributed by atoms with Crippen molar-refractivity contribution in [3.8, 4) is 0 Å². The van der Waals surface area contributed by atoms with Gasteiger partial charge in [-0.05, 0) is 6.42 Å². The average molecular weight is 150 g/mol. The van der Waals surface area contributed by atoms with E-state index in [1.54, 1.807) is 6.92 Å². The molecule has 0 saturated carbocycles. The van der Waals surface area contributed by atoms with Crippen LogP contribution in [0.1, 0.15) is 40.0 Å². The molecule has 0 N–H and O–H groups in total. The normalized spacial score (nSPS) is 15.3. The molecule has 2 heteroatoms. The lowest BCUT2D eigenvalue weighted by Crippen LogP contribution is -2.24. The minimum atomic E-state index is -2.45. The highest BCUT2D eigenvalue weighted by Gasteiger charge is 2.32. The molecule has 0 rings (SSSR count). The summed E-state index contributed by atoms with van der Waals surface area (Å²) >= 11 is 0. The summed E-state index contributed by atoms with van der Waals surface area (Å²) in [7, 11) is 0. The van der Waals surface area contributed by atoms with Crippen LogP contribution in [0.4, 0.5) is 8.78 Å². The van der Waals surface area contributed by atoms with Crippen LogP contribution in [0.15, 0.2) is 0 Å². The lowest BCUT2D eigenvalue weighted by Gasteiger charge is -2.21. The van der Waals surface area contributed by atoms with Gasteiger partial charge in [0.25, 0.3) is 0 Å². The smallest absolute Gasteiger partial charge is 0.207 e. The Morgan fingerprint density at radius 1 is 1.30 bits per heavy atom. The van der Waals surface area contributed by atoms with Gasteiger partial charge in [-0.15, -0.1) is 0 Å². The first-order valence-electron chi connectivity index (χ1n) is 3.92.